The zero-order chi connectivity index (χ0) is 24.3. The minimum Gasteiger partial charge on any atom is -0.351 e. The Bertz CT molecular complexity index is 1250. The largest absolute Gasteiger partial charge is 0.417 e. The summed E-state index contributed by atoms with van der Waals surface area (Å²) >= 11 is 0. The van der Waals surface area contributed by atoms with Crippen LogP contribution in [0.25, 0.3) is 22.3 Å². The van der Waals surface area contributed by atoms with Crippen molar-refractivity contribution in [3.05, 3.63) is 35.8 Å². The van der Waals surface area contributed by atoms with Crippen LogP contribution in [0.1, 0.15) is 37.3 Å². The number of nitrogens with zero attached hydrogens (tertiary/aromatic N) is 6. The summed E-state index contributed by atoms with van der Waals surface area (Å²) in [6, 6.07) is 5.31. The average Bonchev–Trinajstić information content (AvgIpc) is 3.26. The van der Waals surface area contributed by atoms with Gasteiger partial charge in [-0.3, -0.25) is 4.90 Å². The van der Waals surface area contributed by atoms with Crippen LogP contribution in [-0.4, -0.2) is 50.5 Å². The molecule has 0 aromatic carbocycles. The average molecular weight is 468 g/mol. The summed E-state index contributed by atoms with van der Waals surface area (Å²) in [6.07, 6.45) is 1.82. The Morgan fingerprint density at radius 1 is 1.24 bits per heavy atom. The van der Waals surface area contributed by atoms with Crippen molar-refractivity contribution < 1.29 is 13.2 Å². The van der Waals surface area contributed by atoms with Gasteiger partial charge in [-0.2, -0.15) is 23.7 Å². The van der Waals surface area contributed by atoms with Crippen LogP contribution in [-0.2, 0) is 6.18 Å². The third-order valence-electron chi connectivity index (χ3n) is 6.27. The van der Waals surface area contributed by atoms with E-state index in [0.717, 1.165) is 44.6 Å². The monoisotopic (exact) mass is 468 g/mol. The molecule has 0 saturated carbocycles. The summed E-state index contributed by atoms with van der Waals surface area (Å²) in [6.45, 7) is 4.18. The molecule has 1 saturated heterocycles. The van der Waals surface area contributed by atoms with Gasteiger partial charge < -0.3 is 10.3 Å². The molecule has 4 rings (SSSR count). The lowest BCUT2D eigenvalue weighted by Crippen LogP contribution is -2.40. The van der Waals surface area contributed by atoms with Crippen molar-refractivity contribution in [2.45, 2.75) is 38.4 Å². The summed E-state index contributed by atoms with van der Waals surface area (Å²) in [7, 11) is 0. The first kappa shape index (κ1) is 23.5. The maximum absolute atomic E-state index is 13.2. The molecule has 2 N–H and O–H groups in total. The fraction of sp³-hybridized carbons (Fsp3) is 0.435. The maximum atomic E-state index is 13.2. The molecule has 1 atom stereocenters. The minimum atomic E-state index is -4.54. The van der Waals surface area contributed by atoms with E-state index in [1.165, 1.54) is 12.4 Å². The molecule has 34 heavy (non-hydrogen) atoms. The molecule has 1 unspecified atom stereocenters. The van der Waals surface area contributed by atoms with Gasteiger partial charge in [0.2, 0.25) is 5.95 Å². The highest BCUT2D eigenvalue weighted by Crippen LogP contribution is 2.35. The topological polar surface area (TPSA) is 117 Å². The van der Waals surface area contributed by atoms with E-state index < -0.39 is 11.7 Å². The molecule has 1 aliphatic heterocycles. The van der Waals surface area contributed by atoms with Crippen molar-refractivity contribution in [1.82, 2.24) is 24.8 Å². The third-order valence-corrected chi connectivity index (χ3v) is 6.27. The Hall–Kier alpha value is -3.70. The van der Waals surface area contributed by atoms with Crippen LogP contribution in [0.15, 0.2) is 24.7 Å². The van der Waals surface area contributed by atoms with E-state index in [1.54, 1.807) is 0 Å². The van der Waals surface area contributed by atoms with Crippen LogP contribution < -0.4 is 5.32 Å². The van der Waals surface area contributed by atoms with Gasteiger partial charge in [0.15, 0.2) is 0 Å². The smallest absolute Gasteiger partial charge is 0.351 e. The van der Waals surface area contributed by atoms with Crippen molar-refractivity contribution in [3.63, 3.8) is 0 Å². The lowest BCUT2D eigenvalue weighted by Gasteiger charge is -2.35. The summed E-state index contributed by atoms with van der Waals surface area (Å²) < 4.78 is 39.7. The molecule has 11 heteroatoms. The second-order valence-corrected chi connectivity index (χ2v) is 8.32. The first-order valence-electron chi connectivity index (χ1n) is 11.0. The van der Waals surface area contributed by atoms with Crippen LogP contribution in [0.5, 0.6) is 0 Å². The van der Waals surface area contributed by atoms with Gasteiger partial charge in [0.1, 0.15) is 11.7 Å². The maximum Gasteiger partial charge on any atom is 0.417 e. The van der Waals surface area contributed by atoms with Gasteiger partial charge >= 0.3 is 6.18 Å². The zero-order valence-corrected chi connectivity index (χ0v) is 18.5. The lowest BCUT2D eigenvalue weighted by atomic mass is 9.88. The zero-order valence-electron chi connectivity index (χ0n) is 18.5. The molecule has 0 spiro atoms. The number of hydrogen-bond acceptors (Lipinski definition) is 7. The van der Waals surface area contributed by atoms with Crippen molar-refractivity contribution in [1.29, 1.82) is 10.5 Å². The van der Waals surface area contributed by atoms with E-state index >= 15 is 0 Å². The second kappa shape index (κ2) is 9.65. The van der Waals surface area contributed by atoms with Crippen LogP contribution in [0.3, 0.4) is 0 Å². The Morgan fingerprint density at radius 3 is 2.65 bits per heavy atom. The van der Waals surface area contributed by atoms with E-state index in [-0.39, 0.29) is 28.3 Å². The van der Waals surface area contributed by atoms with Crippen LogP contribution in [0.4, 0.5) is 19.1 Å². The van der Waals surface area contributed by atoms with Gasteiger partial charge in [-0.1, -0.05) is 6.92 Å². The quantitative estimate of drug-likeness (QED) is 0.517. The number of rotatable bonds is 6. The molecule has 4 heterocycles. The van der Waals surface area contributed by atoms with E-state index in [0.29, 0.717) is 24.0 Å². The number of pyridine rings is 1. The predicted molar refractivity (Wildman–Crippen MR) is 119 cm³/mol. The standard InChI is InChI=1S/C23H23F3N8/c1-2-19(14-3-6-34(7-4-14)8-5-27)32-22-31-11-15(10-28)20(33-22)18-13-30-21-17(18)9-16(12-29-21)23(24,25)26/h9,11-14,19H,2-4,6-8H2,1H3,(H,29,30)(H,31,32,33). The van der Waals surface area contributed by atoms with Gasteiger partial charge in [0.25, 0.3) is 0 Å². The summed E-state index contributed by atoms with van der Waals surface area (Å²) in [5.41, 5.74) is 0.150. The van der Waals surface area contributed by atoms with Crippen LogP contribution in [0.2, 0.25) is 0 Å². The number of likely N-dealkylation sites (tertiary alicyclic amines) is 1. The minimum absolute atomic E-state index is 0.0893. The van der Waals surface area contributed by atoms with Crippen molar-refractivity contribution in [2.24, 2.45) is 5.92 Å². The predicted octanol–water partition coefficient (Wildman–Crippen LogP) is 4.34. The molecule has 176 valence electrons. The van der Waals surface area contributed by atoms with Gasteiger partial charge in [-0.05, 0) is 44.3 Å². The van der Waals surface area contributed by atoms with E-state index in [2.05, 4.69) is 43.1 Å². The van der Waals surface area contributed by atoms with Gasteiger partial charge in [0.05, 0.1) is 35.6 Å². The molecule has 0 aliphatic carbocycles. The number of aromatic nitrogens is 4. The second-order valence-electron chi connectivity index (χ2n) is 8.32. The fourth-order valence-corrected chi connectivity index (χ4v) is 4.43. The summed E-state index contributed by atoms with van der Waals surface area (Å²) in [5, 5.41) is 22.1. The highest BCUT2D eigenvalue weighted by atomic mass is 19.4. The van der Waals surface area contributed by atoms with Crippen molar-refractivity contribution in [3.8, 4) is 23.4 Å². The first-order valence-corrected chi connectivity index (χ1v) is 11.0. The molecule has 1 fully saturated rings. The third kappa shape index (κ3) is 4.80. The number of H-pyrrole nitrogens is 1. The number of nitrogens with one attached hydrogen (secondary N) is 2. The van der Waals surface area contributed by atoms with Gasteiger partial charge in [-0.25, -0.2) is 15.0 Å². The number of halogens is 3. The fourth-order valence-electron chi connectivity index (χ4n) is 4.43. The Morgan fingerprint density at radius 2 is 2.00 bits per heavy atom. The molecule has 3 aromatic rings. The van der Waals surface area contributed by atoms with E-state index in [9.17, 15) is 18.4 Å². The number of piperidine rings is 1. The lowest BCUT2D eigenvalue weighted by molar-refractivity contribution is -0.137. The van der Waals surface area contributed by atoms with Gasteiger partial charge in [0, 0.05) is 29.4 Å². The van der Waals surface area contributed by atoms with Crippen LogP contribution in [0, 0.1) is 28.6 Å². The summed E-state index contributed by atoms with van der Waals surface area (Å²) in [4.78, 5) is 17.7. The number of fused-ring (bicyclic) bond motifs is 1. The molecule has 0 bridgehead atoms. The number of hydrogen-bond donors (Lipinski definition) is 2. The molecular weight excluding hydrogens is 445 g/mol. The molecule has 8 nitrogen and oxygen atoms in total. The Balaban J connectivity index is 1.63. The molecule has 3 aromatic heterocycles. The van der Waals surface area contributed by atoms with E-state index in [4.69, 9.17) is 5.26 Å². The van der Waals surface area contributed by atoms with Crippen molar-refractivity contribution >= 4 is 17.0 Å². The number of anilines is 1. The SMILES string of the molecule is CCC(Nc1ncc(C#N)c(-c2c[nH]c3ncc(C(F)(F)F)cc23)n1)C1CCN(CC#N)CC1. The highest BCUT2D eigenvalue weighted by Gasteiger charge is 2.32. The molecule has 1 aliphatic rings. The van der Waals surface area contributed by atoms with E-state index in [1.807, 2.05) is 6.07 Å². The molecule has 0 amide bonds. The normalized spacial score (nSPS) is 16.2. The summed E-state index contributed by atoms with van der Waals surface area (Å²) in [5.74, 6) is 0.684. The van der Waals surface area contributed by atoms with Gasteiger partial charge in [-0.15, -0.1) is 0 Å². The highest BCUT2D eigenvalue weighted by molar-refractivity contribution is 5.94. The Labute approximate surface area is 194 Å². The Kier molecular flexibility index (Phi) is 6.66. The van der Waals surface area contributed by atoms with Crippen molar-refractivity contribution in [2.75, 3.05) is 25.0 Å². The molecule has 0 radical (unpaired) electrons. The first-order chi connectivity index (χ1) is 16.3. The molecular formula is C23H23F3N8. The van der Waals surface area contributed by atoms with Crippen LogP contribution >= 0.6 is 0 Å². The number of nitriles is 2. The number of aromatic amines is 1. The number of alkyl halides is 3.